The third-order valence-corrected chi connectivity index (χ3v) is 9.06. The lowest BCUT2D eigenvalue weighted by Crippen LogP contribution is -2.12. The Morgan fingerprint density at radius 1 is 0.907 bits per heavy atom. The molecule has 0 fully saturated rings. The highest BCUT2D eigenvalue weighted by Gasteiger charge is 2.30. The van der Waals surface area contributed by atoms with Gasteiger partial charge in [-0.15, -0.1) is 11.8 Å². The highest BCUT2D eigenvalue weighted by Crippen LogP contribution is 2.47. The van der Waals surface area contributed by atoms with Crippen molar-refractivity contribution in [2.75, 3.05) is 19.6 Å². The van der Waals surface area contributed by atoms with E-state index in [1.54, 1.807) is 42.1 Å². The lowest BCUT2D eigenvalue weighted by Gasteiger charge is -2.18. The fourth-order valence-electron chi connectivity index (χ4n) is 4.95. The largest absolute Gasteiger partial charge is 0.584 e. The standard InChI is InChI=1S/C33H48NO7PS/c1-4-5-6-7-8-9-10-11-12-13-14-15-22-39-30-20-17-21-31(32(30)33(35)38-3)41-42(36,37)40-29-19-16-18-28(23-29)25-34-24-27(2)43-26-34/h16-21,23-24H,4-15,22,25-26H2,1-3H3,(H,36,37). The van der Waals surface area contributed by atoms with E-state index in [1.165, 1.54) is 75.9 Å². The maximum atomic E-state index is 13.0. The quantitative estimate of drug-likeness (QED) is 0.0819. The first-order chi connectivity index (χ1) is 20.8. The molecule has 1 aliphatic rings. The molecule has 10 heteroatoms. The number of ether oxygens (including phenoxy) is 2. The zero-order valence-electron chi connectivity index (χ0n) is 25.9. The third kappa shape index (κ3) is 12.9. The fourth-order valence-corrected chi connectivity index (χ4v) is 6.53. The van der Waals surface area contributed by atoms with Crippen LogP contribution in [0, 0.1) is 0 Å². The van der Waals surface area contributed by atoms with Crippen LogP contribution in [0.3, 0.4) is 0 Å². The number of carbonyl (C=O) groups excluding carboxylic acids is 1. The van der Waals surface area contributed by atoms with Gasteiger partial charge in [0.05, 0.1) is 19.6 Å². The van der Waals surface area contributed by atoms with Gasteiger partial charge in [0, 0.05) is 12.7 Å². The van der Waals surface area contributed by atoms with Crippen LogP contribution in [0.5, 0.6) is 17.2 Å². The summed E-state index contributed by atoms with van der Waals surface area (Å²) >= 11 is 1.76. The Bertz CT molecular complexity index is 1220. The predicted molar refractivity (Wildman–Crippen MR) is 174 cm³/mol. The summed E-state index contributed by atoms with van der Waals surface area (Å²) in [5.41, 5.74) is 0.872. The van der Waals surface area contributed by atoms with Crippen LogP contribution in [0.15, 0.2) is 53.6 Å². The van der Waals surface area contributed by atoms with Crippen molar-refractivity contribution in [3.8, 4) is 17.2 Å². The van der Waals surface area contributed by atoms with Gasteiger partial charge in [0.1, 0.15) is 17.1 Å². The molecule has 1 unspecified atom stereocenters. The molecule has 2 aromatic carbocycles. The zero-order chi connectivity index (χ0) is 30.9. The van der Waals surface area contributed by atoms with E-state index in [4.69, 9.17) is 18.5 Å². The number of unbranched alkanes of at least 4 members (excludes halogenated alkanes) is 11. The van der Waals surface area contributed by atoms with E-state index in [1.807, 2.05) is 6.07 Å². The Morgan fingerprint density at radius 3 is 2.16 bits per heavy atom. The van der Waals surface area contributed by atoms with Crippen LogP contribution in [0.25, 0.3) is 0 Å². The van der Waals surface area contributed by atoms with Crippen LogP contribution in [0.1, 0.15) is 107 Å². The third-order valence-electron chi connectivity index (χ3n) is 7.17. The number of thioether (sulfide) groups is 1. The molecule has 2 aromatic rings. The minimum Gasteiger partial charge on any atom is -0.493 e. The maximum absolute atomic E-state index is 13.0. The number of hydrogen-bond acceptors (Lipinski definition) is 8. The highest BCUT2D eigenvalue weighted by molar-refractivity contribution is 8.03. The second-order valence-electron chi connectivity index (χ2n) is 10.9. The summed E-state index contributed by atoms with van der Waals surface area (Å²) in [4.78, 5) is 26.6. The molecule has 0 bridgehead atoms. The molecule has 0 aliphatic carbocycles. The lowest BCUT2D eigenvalue weighted by atomic mass is 10.1. The van der Waals surface area contributed by atoms with Gasteiger partial charge in [0.15, 0.2) is 5.75 Å². The number of allylic oxidation sites excluding steroid dienone is 1. The topological polar surface area (TPSA) is 94.5 Å². The summed E-state index contributed by atoms with van der Waals surface area (Å²) in [5, 5.41) is 0. The van der Waals surface area contributed by atoms with Crippen molar-refractivity contribution in [3.05, 3.63) is 64.7 Å². The number of benzene rings is 2. The van der Waals surface area contributed by atoms with Crippen LogP contribution in [-0.4, -0.2) is 35.4 Å². The minimum absolute atomic E-state index is 0.0516. The molecular formula is C33H48NO7PS. The maximum Gasteiger partial charge on any atom is 0.584 e. The van der Waals surface area contributed by atoms with Crippen LogP contribution < -0.4 is 13.8 Å². The van der Waals surface area contributed by atoms with E-state index < -0.39 is 13.8 Å². The average Bonchev–Trinajstić information content (AvgIpc) is 3.39. The van der Waals surface area contributed by atoms with Crippen molar-refractivity contribution in [1.29, 1.82) is 0 Å². The van der Waals surface area contributed by atoms with Crippen LogP contribution in [0.4, 0.5) is 0 Å². The molecule has 43 heavy (non-hydrogen) atoms. The number of phosphoric acid groups is 1. The van der Waals surface area contributed by atoms with Crippen LogP contribution in [-0.2, 0) is 15.8 Å². The number of rotatable bonds is 21. The molecule has 0 aromatic heterocycles. The van der Waals surface area contributed by atoms with Crippen molar-refractivity contribution in [2.24, 2.45) is 0 Å². The smallest absolute Gasteiger partial charge is 0.493 e. The number of nitrogens with zero attached hydrogens (tertiary/aromatic N) is 1. The lowest BCUT2D eigenvalue weighted by molar-refractivity contribution is 0.0593. The highest BCUT2D eigenvalue weighted by atomic mass is 32.2. The Hall–Kier alpha value is -2.61. The Balaban J connectivity index is 1.49. The number of phosphoric ester groups is 1. The van der Waals surface area contributed by atoms with Gasteiger partial charge in [-0.1, -0.05) is 95.8 Å². The minimum atomic E-state index is -4.65. The molecule has 1 heterocycles. The van der Waals surface area contributed by atoms with Gasteiger partial charge in [0.25, 0.3) is 0 Å². The first-order valence-corrected chi connectivity index (χ1v) is 18.0. The van der Waals surface area contributed by atoms with E-state index in [0.29, 0.717) is 13.2 Å². The molecule has 1 atom stereocenters. The first kappa shape index (κ1) is 34.9. The molecular weight excluding hydrogens is 585 g/mol. The summed E-state index contributed by atoms with van der Waals surface area (Å²) in [6, 6.07) is 11.6. The van der Waals surface area contributed by atoms with Gasteiger partial charge < -0.3 is 23.4 Å². The summed E-state index contributed by atoms with van der Waals surface area (Å²) < 4.78 is 34.6. The number of carbonyl (C=O) groups is 1. The van der Waals surface area contributed by atoms with Gasteiger partial charge in [0.2, 0.25) is 0 Å². The van der Waals surface area contributed by atoms with Crippen molar-refractivity contribution in [2.45, 2.75) is 97.4 Å². The van der Waals surface area contributed by atoms with Crippen molar-refractivity contribution < 1.29 is 32.8 Å². The van der Waals surface area contributed by atoms with Gasteiger partial charge >= 0.3 is 13.8 Å². The zero-order valence-corrected chi connectivity index (χ0v) is 27.6. The van der Waals surface area contributed by atoms with Gasteiger partial charge in [-0.25, -0.2) is 9.36 Å². The predicted octanol–water partition coefficient (Wildman–Crippen LogP) is 9.48. The summed E-state index contributed by atoms with van der Waals surface area (Å²) in [7, 11) is -3.41. The second kappa shape index (κ2) is 18.9. The monoisotopic (exact) mass is 633 g/mol. The van der Waals surface area contributed by atoms with Crippen molar-refractivity contribution in [1.82, 2.24) is 4.90 Å². The Kier molecular flexibility index (Phi) is 15.3. The average molecular weight is 634 g/mol. The van der Waals surface area contributed by atoms with Gasteiger partial charge in [-0.2, -0.15) is 0 Å². The molecule has 1 aliphatic heterocycles. The summed E-state index contributed by atoms with van der Waals surface area (Å²) in [6.45, 7) is 5.36. The Labute approximate surface area is 261 Å². The van der Waals surface area contributed by atoms with Gasteiger partial charge in [-0.3, -0.25) is 4.89 Å². The van der Waals surface area contributed by atoms with Crippen molar-refractivity contribution >= 4 is 25.6 Å². The summed E-state index contributed by atoms with van der Waals surface area (Å²) in [6.07, 6.45) is 16.9. The van der Waals surface area contributed by atoms with Crippen molar-refractivity contribution in [3.63, 3.8) is 0 Å². The molecule has 0 spiro atoms. The summed E-state index contributed by atoms with van der Waals surface area (Å²) in [5.74, 6) is 0.410. The molecule has 3 rings (SSSR count). The van der Waals surface area contributed by atoms with Crippen LogP contribution >= 0.6 is 19.6 Å². The number of methoxy groups -OCH3 is 1. The van der Waals surface area contributed by atoms with Crippen LogP contribution in [0.2, 0.25) is 0 Å². The molecule has 0 saturated carbocycles. The second-order valence-corrected chi connectivity index (χ2v) is 13.4. The van der Waals surface area contributed by atoms with E-state index >= 15 is 0 Å². The van der Waals surface area contributed by atoms with Gasteiger partial charge in [-0.05, 0) is 48.1 Å². The molecule has 0 radical (unpaired) electrons. The number of esters is 1. The molecule has 1 N–H and O–H groups in total. The van der Waals surface area contributed by atoms with E-state index in [9.17, 15) is 14.3 Å². The number of hydrogen-bond donors (Lipinski definition) is 1. The first-order valence-electron chi connectivity index (χ1n) is 15.5. The SMILES string of the molecule is CCCCCCCCCCCCCCOc1cccc(OP(=O)(O)Oc2cccc(CN3C=C(C)SC3)c2)c1C(=O)OC. The normalized spacial score (nSPS) is 14.2. The fraction of sp³-hybridized carbons (Fsp3) is 0.545. The van der Waals surface area contributed by atoms with E-state index in [0.717, 1.165) is 30.7 Å². The molecule has 238 valence electrons. The Morgan fingerprint density at radius 2 is 1.53 bits per heavy atom. The molecule has 0 saturated heterocycles. The molecule has 0 amide bonds. The van der Waals surface area contributed by atoms with E-state index in [-0.39, 0.29) is 22.8 Å². The molecule has 8 nitrogen and oxygen atoms in total. The van der Waals surface area contributed by atoms with E-state index in [2.05, 4.69) is 24.9 Å².